The van der Waals surface area contributed by atoms with Gasteiger partial charge in [-0.1, -0.05) is 24.6 Å². The van der Waals surface area contributed by atoms with E-state index in [0.29, 0.717) is 10.9 Å². The largest absolute Gasteiger partial charge is 0.308 e. The molecule has 1 aliphatic rings. The van der Waals surface area contributed by atoms with Crippen molar-refractivity contribution in [2.24, 2.45) is 0 Å². The highest BCUT2D eigenvalue weighted by Gasteiger charge is 2.32. The molecule has 2 unspecified atom stereocenters. The van der Waals surface area contributed by atoms with Crippen molar-refractivity contribution in [3.05, 3.63) is 58.6 Å². The van der Waals surface area contributed by atoms with E-state index in [9.17, 15) is 0 Å². The number of hydrogen-bond donors (Lipinski definition) is 1. The molecular formula is C16H18ClN3. The average Bonchev–Trinajstić information content (AvgIpc) is 2.90. The van der Waals surface area contributed by atoms with Gasteiger partial charge in [-0.05, 0) is 43.1 Å². The second-order valence-electron chi connectivity index (χ2n) is 5.13. The van der Waals surface area contributed by atoms with E-state index in [1.165, 1.54) is 11.3 Å². The van der Waals surface area contributed by atoms with Crippen LogP contribution in [0.3, 0.4) is 0 Å². The maximum absolute atomic E-state index is 5.94. The predicted octanol–water partition coefficient (Wildman–Crippen LogP) is 3.51. The Kier molecular flexibility index (Phi) is 3.99. The summed E-state index contributed by atoms with van der Waals surface area (Å²) in [4.78, 5) is 9.09. The number of fused-ring (bicyclic) bond motifs is 1. The van der Waals surface area contributed by atoms with Crippen LogP contribution in [0.5, 0.6) is 0 Å². The summed E-state index contributed by atoms with van der Waals surface area (Å²) in [6.45, 7) is 3.03. The third-order valence-electron chi connectivity index (χ3n) is 3.90. The molecule has 0 aliphatic heterocycles. The van der Waals surface area contributed by atoms with Crippen LogP contribution in [0.25, 0.3) is 0 Å². The maximum atomic E-state index is 5.94. The van der Waals surface area contributed by atoms with Crippen LogP contribution in [0, 0.1) is 0 Å². The Morgan fingerprint density at radius 2 is 2.25 bits per heavy atom. The standard InChI is InChI=1S/C16H18ClN3/c1-2-18-16(14-8-6-12(17)10-20-14)13-7-5-11-4-3-9-19-15(11)13/h3-4,6,8-10,13,16,18H,2,5,7H2,1H3. The van der Waals surface area contributed by atoms with Gasteiger partial charge in [-0.25, -0.2) is 0 Å². The molecule has 0 amide bonds. The molecule has 0 radical (unpaired) electrons. The third kappa shape index (κ3) is 2.56. The molecule has 3 rings (SSSR count). The van der Waals surface area contributed by atoms with Gasteiger partial charge >= 0.3 is 0 Å². The first kappa shape index (κ1) is 13.5. The molecule has 2 aromatic heterocycles. The summed E-state index contributed by atoms with van der Waals surface area (Å²) in [6, 6.07) is 8.32. The van der Waals surface area contributed by atoms with Crippen molar-refractivity contribution >= 4 is 11.6 Å². The van der Waals surface area contributed by atoms with Gasteiger partial charge in [0.2, 0.25) is 0 Å². The van der Waals surface area contributed by atoms with Crippen LogP contribution in [0.1, 0.15) is 42.3 Å². The molecule has 2 aromatic rings. The van der Waals surface area contributed by atoms with Crippen molar-refractivity contribution in [2.45, 2.75) is 31.7 Å². The normalized spacial score (nSPS) is 18.8. The number of nitrogens with one attached hydrogen (secondary N) is 1. The van der Waals surface area contributed by atoms with E-state index in [0.717, 1.165) is 25.1 Å². The van der Waals surface area contributed by atoms with Crippen LogP contribution < -0.4 is 5.32 Å². The zero-order chi connectivity index (χ0) is 13.9. The second kappa shape index (κ2) is 5.90. The summed E-state index contributed by atoms with van der Waals surface area (Å²) in [7, 11) is 0. The molecule has 0 aromatic carbocycles. The highest BCUT2D eigenvalue weighted by Crippen LogP contribution is 2.39. The number of halogens is 1. The summed E-state index contributed by atoms with van der Waals surface area (Å²) < 4.78 is 0. The zero-order valence-corrected chi connectivity index (χ0v) is 12.3. The lowest BCUT2D eigenvalue weighted by Crippen LogP contribution is -2.27. The van der Waals surface area contributed by atoms with Crippen molar-refractivity contribution in [1.82, 2.24) is 15.3 Å². The van der Waals surface area contributed by atoms with Crippen LogP contribution in [-0.2, 0) is 6.42 Å². The Balaban J connectivity index is 1.94. The topological polar surface area (TPSA) is 37.8 Å². The smallest absolute Gasteiger partial charge is 0.0589 e. The number of aromatic nitrogens is 2. The molecule has 0 saturated carbocycles. The molecule has 0 spiro atoms. The van der Waals surface area contributed by atoms with Crippen molar-refractivity contribution in [3.8, 4) is 0 Å². The van der Waals surface area contributed by atoms with Crippen LogP contribution in [-0.4, -0.2) is 16.5 Å². The molecule has 1 N–H and O–H groups in total. The zero-order valence-electron chi connectivity index (χ0n) is 11.5. The molecule has 1 aliphatic carbocycles. The van der Waals surface area contributed by atoms with Crippen molar-refractivity contribution in [3.63, 3.8) is 0 Å². The molecule has 3 nitrogen and oxygen atoms in total. The maximum Gasteiger partial charge on any atom is 0.0589 e. The van der Waals surface area contributed by atoms with Gasteiger partial charge in [0, 0.05) is 24.0 Å². The molecule has 20 heavy (non-hydrogen) atoms. The lowest BCUT2D eigenvalue weighted by molar-refractivity contribution is 0.438. The predicted molar refractivity (Wildman–Crippen MR) is 81.0 cm³/mol. The van der Waals surface area contributed by atoms with E-state index >= 15 is 0 Å². The Hall–Kier alpha value is -1.45. The van der Waals surface area contributed by atoms with Crippen LogP contribution in [0.4, 0.5) is 0 Å². The lowest BCUT2D eigenvalue weighted by Gasteiger charge is -2.24. The molecule has 4 heteroatoms. The molecule has 2 heterocycles. The van der Waals surface area contributed by atoms with Gasteiger partial charge in [-0.15, -0.1) is 0 Å². The fraction of sp³-hybridized carbons (Fsp3) is 0.375. The van der Waals surface area contributed by atoms with E-state index in [4.69, 9.17) is 11.6 Å². The van der Waals surface area contributed by atoms with Gasteiger partial charge in [0.25, 0.3) is 0 Å². The minimum Gasteiger partial charge on any atom is -0.308 e. The van der Waals surface area contributed by atoms with Gasteiger partial charge in [-0.2, -0.15) is 0 Å². The van der Waals surface area contributed by atoms with E-state index in [1.54, 1.807) is 6.20 Å². The third-order valence-corrected chi connectivity index (χ3v) is 4.12. The van der Waals surface area contributed by atoms with Gasteiger partial charge in [0.05, 0.1) is 16.8 Å². The van der Waals surface area contributed by atoms with Gasteiger partial charge in [-0.3, -0.25) is 9.97 Å². The van der Waals surface area contributed by atoms with E-state index in [-0.39, 0.29) is 6.04 Å². The number of nitrogens with zero attached hydrogens (tertiary/aromatic N) is 2. The van der Waals surface area contributed by atoms with E-state index in [2.05, 4.69) is 28.3 Å². The van der Waals surface area contributed by atoms with E-state index < -0.39 is 0 Å². The fourth-order valence-corrected chi connectivity index (χ4v) is 3.12. The molecule has 0 fully saturated rings. The van der Waals surface area contributed by atoms with Crippen LogP contribution in [0.2, 0.25) is 5.02 Å². The lowest BCUT2D eigenvalue weighted by atomic mass is 9.93. The minimum absolute atomic E-state index is 0.202. The first-order valence-electron chi connectivity index (χ1n) is 7.08. The number of pyridine rings is 2. The second-order valence-corrected chi connectivity index (χ2v) is 5.57. The highest BCUT2D eigenvalue weighted by molar-refractivity contribution is 6.30. The Labute approximate surface area is 124 Å². The van der Waals surface area contributed by atoms with Gasteiger partial charge in [0.15, 0.2) is 0 Å². The van der Waals surface area contributed by atoms with Gasteiger partial charge < -0.3 is 5.32 Å². The Morgan fingerprint density at radius 1 is 1.35 bits per heavy atom. The summed E-state index contributed by atoms with van der Waals surface area (Å²) in [5.41, 5.74) is 3.63. The summed E-state index contributed by atoms with van der Waals surface area (Å²) in [5, 5.41) is 4.23. The minimum atomic E-state index is 0.202. The van der Waals surface area contributed by atoms with Crippen molar-refractivity contribution < 1.29 is 0 Å². The first-order chi connectivity index (χ1) is 9.79. The van der Waals surface area contributed by atoms with E-state index in [1.807, 2.05) is 24.4 Å². The number of hydrogen-bond acceptors (Lipinski definition) is 3. The molecule has 0 saturated heterocycles. The van der Waals surface area contributed by atoms with Crippen LogP contribution in [0.15, 0.2) is 36.7 Å². The molecule has 104 valence electrons. The van der Waals surface area contributed by atoms with Crippen molar-refractivity contribution in [2.75, 3.05) is 6.54 Å². The Morgan fingerprint density at radius 3 is 3.00 bits per heavy atom. The fourth-order valence-electron chi connectivity index (χ4n) is 3.01. The number of aryl methyl sites for hydroxylation is 1. The SMILES string of the molecule is CCNC(c1ccc(Cl)cn1)C1CCc2cccnc21. The van der Waals surface area contributed by atoms with Gasteiger partial charge in [0.1, 0.15) is 0 Å². The summed E-state index contributed by atoms with van der Waals surface area (Å²) in [5.74, 6) is 0.389. The average molecular weight is 288 g/mol. The molecule has 0 bridgehead atoms. The molecular weight excluding hydrogens is 270 g/mol. The molecule has 2 atom stereocenters. The Bertz CT molecular complexity index is 583. The first-order valence-corrected chi connectivity index (χ1v) is 7.46. The van der Waals surface area contributed by atoms with Crippen molar-refractivity contribution in [1.29, 1.82) is 0 Å². The summed E-state index contributed by atoms with van der Waals surface area (Å²) >= 11 is 5.94. The quantitative estimate of drug-likeness (QED) is 0.935. The number of likely N-dealkylation sites (N-methyl/N-ethyl adjacent to an activating group) is 1. The number of rotatable bonds is 4. The van der Waals surface area contributed by atoms with Crippen LogP contribution >= 0.6 is 11.6 Å². The summed E-state index contributed by atoms with van der Waals surface area (Å²) in [6.07, 6.45) is 5.82. The monoisotopic (exact) mass is 287 g/mol. The highest BCUT2D eigenvalue weighted by atomic mass is 35.5.